The van der Waals surface area contributed by atoms with E-state index in [1.165, 1.54) is 12.1 Å². The number of amides is 2. The molecule has 39 heavy (non-hydrogen) atoms. The second-order valence-electron chi connectivity index (χ2n) is 9.75. The number of carbonyl (C=O) groups excluding carboxylic acids is 2. The number of benzene rings is 3. The van der Waals surface area contributed by atoms with E-state index in [0.29, 0.717) is 25.1 Å². The van der Waals surface area contributed by atoms with Gasteiger partial charge in [0.25, 0.3) is 0 Å². The third kappa shape index (κ3) is 6.42. The van der Waals surface area contributed by atoms with Gasteiger partial charge in [0.1, 0.15) is 0 Å². The lowest BCUT2D eigenvalue weighted by molar-refractivity contribution is -0.149. The Morgan fingerprint density at radius 3 is 2.33 bits per heavy atom. The Morgan fingerprint density at radius 1 is 0.974 bits per heavy atom. The van der Waals surface area contributed by atoms with Gasteiger partial charge in [0, 0.05) is 16.8 Å². The van der Waals surface area contributed by atoms with Gasteiger partial charge in [0.2, 0.25) is 0 Å². The van der Waals surface area contributed by atoms with E-state index in [9.17, 15) is 27.9 Å². The monoisotopic (exact) mass is 540 g/mol. The molecule has 0 aliphatic heterocycles. The number of nitrogens with one attached hydrogen (secondary N) is 2. The minimum atomic E-state index is -4.50. The molecule has 0 aromatic heterocycles. The Kier molecular flexibility index (Phi) is 8.30. The Hall–Kier alpha value is -3.85. The van der Waals surface area contributed by atoms with Crippen molar-refractivity contribution in [3.8, 4) is 11.1 Å². The first-order chi connectivity index (χ1) is 18.5. The normalized spacial score (nSPS) is 18.7. The van der Waals surface area contributed by atoms with Gasteiger partial charge < -0.3 is 20.5 Å². The molecular weight excluding hydrogens is 509 g/mol. The van der Waals surface area contributed by atoms with Crippen molar-refractivity contribution in [1.82, 2.24) is 0 Å². The zero-order valence-corrected chi connectivity index (χ0v) is 21.8. The predicted octanol–water partition coefficient (Wildman–Crippen LogP) is 7.35. The van der Waals surface area contributed by atoms with Crippen LogP contribution in [0.25, 0.3) is 11.1 Å². The molecule has 0 radical (unpaired) electrons. The van der Waals surface area contributed by atoms with Crippen molar-refractivity contribution in [2.24, 2.45) is 5.41 Å². The zero-order chi connectivity index (χ0) is 28.2. The highest BCUT2D eigenvalue weighted by molar-refractivity contribution is 5.99. The molecule has 2 unspecified atom stereocenters. The number of aliphatic hydroxyl groups excluding tert-OH is 1. The topological polar surface area (TPSA) is 87.7 Å². The Bertz CT molecular complexity index is 1340. The first-order valence-electron chi connectivity index (χ1n) is 12.9. The number of esters is 1. The number of aliphatic hydroxyl groups is 1. The molecule has 206 valence electrons. The van der Waals surface area contributed by atoms with Gasteiger partial charge in [-0.25, -0.2) is 4.79 Å². The largest absolute Gasteiger partial charge is 0.466 e. The number of urea groups is 1. The third-order valence-corrected chi connectivity index (χ3v) is 7.34. The average molecular weight is 541 g/mol. The molecular formula is C30H31F3N2O4. The van der Waals surface area contributed by atoms with Gasteiger partial charge in [0.15, 0.2) is 0 Å². The number of rotatable bonds is 7. The fourth-order valence-corrected chi connectivity index (χ4v) is 5.11. The van der Waals surface area contributed by atoms with Crippen LogP contribution < -0.4 is 10.6 Å². The number of alkyl halides is 3. The SMILES string of the molecule is CCOC(=O)CC1(CC)CCc2cc(-c3ccc(NC(=O)Nc4cccc(C(F)(F)F)c4)cc3)ccc2C1O. The second kappa shape index (κ2) is 11.5. The number of hydrogen-bond acceptors (Lipinski definition) is 4. The maximum Gasteiger partial charge on any atom is 0.416 e. The molecule has 2 atom stereocenters. The van der Waals surface area contributed by atoms with Gasteiger partial charge in [-0.1, -0.05) is 43.3 Å². The number of halogens is 3. The Labute approximate surface area is 225 Å². The summed E-state index contributed by atoms with van der Waals surface area (Å²) in [5, 5.41) is 16.3. The molecule has 6 nitrogen and oxygen atoms in total. The molecule has 3 aromatic rings. The fourth-order valence-electron chi connectivity index (χ4n) is 5.11. The summed E-state index contributed by atoms with van der Waals surface area (Å²) in [6.07, 6.45) is -3.04. The van der Waals surface area contributed by atoms with Gasteiger partial charge in [-0.2, -0.15) is 13.2 Å². The highest BCUT2D eigenvalue weighted by Crippen LogP contribution is 2.49. The number of fused-ring (bicyclic) bond motifs is 1. The first-order valence-corrected chi connectivity index (χ1v) is 12.9. The van der Waals surface area contributed by atoms with Gasteiger partial charge in [0.05, 0.1) is 24.7 Å². The lowest BCUT2D eigenvalue weighted by atomic mass is 9.65. The molecule has 0 bridgehead atoms. The average Bonchev–Trinajstić information content (AvgIpc) is 2.90. The Balaban J connectivity index is 1.43. The lowest BCUT2D eigenvalue weighted by Crippen LogP contribution is -2.36. The fraction of sp³-hybridized carbons (Fsp3) is 0.333. The minimum Gasteiger partial charge on any atom is -0.466 e. The number of ether oxygens (including phenoxy) is 1. The van der Waals surface area contributed by atoms with Crippen molar-refractivity contribution in [2.75, 3.05) is 17.2 Å². The number of aryl methyl sites for hydroxylation is 1. The molecule has 2 amide bonds. The van der Waals surface area contributed by atoms with Gasteiger partial charge >= 0.3 is 18.2 Å². The molecule has 4 rings (SSSR count). The van der Waals surface area contributed by atoms with E-state index >= 15 is 0 Å². The molecule has 0 fully saturated rings. The molecule has 0 saturated heterocycles. The van der Waals surface area contributed by atoms with Crippen molar-refractivity contribution in [3.05, 3.63) is 83.4 Å². The van der Waals surface area contributed by atoms with E-state index in [1.54, 1.807) is 19.1 Å². The van der Waals surface area contributed by atoms with Gasteiger partial charge in [-0.3, -0.25) is 4.79 Å². The number of anilines is 2. The van der Waals surface area contributed by atoms with Crippen LogP contribution in [-0.4, -0.2) is 23.7 Å². The quantitative estimate of drug-likeness (QED) is 0.274. The van der Waals surface area contributed by atoms with Crippen molar-refractivity contribution in [2.45, 2.75) is 51.8 Å². The van der Waals surface area contributed by atoms with E-state index in [-0.39, 0.29) is 18.1 Å². The van der Waals surface area contributed by atoms with Crippen LogP contribution in [0.4, 0.5) is 29.3 Å². The second-order valence-corrected chi connectivity index (χ2v) is 9.75. The van der Waals surface area contributed by atoms with Crippen molar-refractivity contribution in [1.29, 1.82) is 0 Å². The van der Waals surface area contributed by atoms with Crippen LogP contribution in [0.5, 0.6) is 0 Å². The van der Waals surface area contributed by atoms with E-state index < -0.39 is 29.3 Å². The molecule has 1 aliphatic rings. The smallest absolute Gasteiger partial charge is 0.416 e. The molecule has 3 N–H and O–H groups in total. The Morgan fingerprint density at radius 2 is 1.67 bits per heavy atom. The van der Waals surface area contributed by atoms with Crippen LogP contribution in [0.3, 0.4) is 0 Å². The summed E-state index contributed by atoms with van der Waals surface area (Å²) >= 11 is 0. The lowest BCUT2D eigenvalue weighted by Gasteiger charge is -2.41. The number of carbonyl (C=O) groups is 2. The van der Waals surface area contributed by atoms with Crippen LogP contribution in [0.2, 0.25) is 0 Å². The van der Waals surface area contributed by atoms with Crippen LogP contribution in [0.15, 0.2) is 66.7 Å². The van der Waals surface area contributed by atoms with Crippen LogP contribution >= 0.6 is 0 Å². The summed E-state index contributed by atoms with van der Waals surface area (Å²) in [5.41, 5.74) is 2.79. The molecule has 0 spiro atoms. The van der Waals surface area contributed by atoms with Crippen LogP contribution in [0, 0.1) is 5.41 Å². The summed E-state index contributed by atoms with van der Waals surface area (Å²) in [6.45, 7) is 4.06. The van der Waals surface area contributed by atoms with E-state index in [0.717, 1.165) is 40.8 Å². The minimum absolute atomic E-state index is 0.0320. The maximum atomic E-state index is 12.9. The maximum absolute atomic E-state index is 12.9. The van der Waals surface area contributed by atoms with Crippen LogP contribution in [0.1, 0.15) is 55.9 Å². The van der Waals surface area contributed by atoms with Crippen molar-refractivity contribution >= 4 is 23.4 Å². The molecule has 1 aliphatic carbocycles. The summed E-state index contributed by atoms with van der Waals surface area (Å²) in [7, 11) is 0. The van der Waals surface area contributed by atoms with Gasteiger partial charge in [-0.05, 0) is 78.8 Å². The van der Waals surface area contributed by atoms with E-state index in [1.807, 2.05) is 37.3 Å². The summed E-state index contributed by atoms with van der Waals surface area (Å²) in [4.78, 5) is 24.5. The van der Waals surface area contributed by atoms with Gasteiger partial charge in [-0.15, -0.1) is 0 Å². The molecule has 0 heterocycles. The first kappa shape index (κ1) is 28.2. The number of hydrogen-bond donors (Lipinski definition) is 3. The van der Waals surface area contributed by atoms with Crippen LogP contribution in [-0.2, 0) is 22.1 Å². The van der Waals surface area contributed by atoms with Crippen molar-refractivity contribution < 1.29 is 32.6 Å². The van der Waals surface area contributed by atoms with E-state index in [2.05, 4.69) is 10.6 Å². The summed E-state index contributed by atoms with van der Waals surface area (Å²) in [6, 6.07) is 16.7. The highest BCUT2D eigenvalue weighted by Gasteiger charge is 2.43. The standard InChI is InChI=1S/C30H31F3N2O4/c1-3-29(18-26(36)39-4-2)15-14-21-16-20(10-13-25(21)27(29)37)19-8-11-23(12-9-19)34-28(38)35-24-7-5-6-22(17-24)30(31,32)33/h5-13,16-17,27,37H,3-4,14-15,18H2,1-2H3,(H2,34,35,38). The molecule has 0 saturated carbocycles. The van der Waals surface area contributed by atoms with Crippen molar-refractivity contribution in [3.63, 3.8) is 0 Å². The zero-order valence-electron chi connectivity index (χ0n) is 21.8. The molecule has 9 heteroatoms. The summed E-state index contributed by atoms with van der Waals surface area (Å²) in [5.74, 6) is -0.296. The summed E-state index contributed by atoms with van der Waals surface area (Å²) < 4.78 is 43.9. The third-order valence-electron chi connectivity index (χ3n) is 7.34. The highest BCUT2D eigenvalue weighted by atomic mass is 19.4. The predicted molar refractivity (Wildman–Crippen MR) is 143 cm³/mol. The molecule has 3 aromatic carbocycles. The van der Waals surface area contributed by atoms with E-state index in [4.69, 9.17) is 4.74 Å².